The number of unbranched alkanes of at least 4 members (excludes halogenated alkanes) is 6. The number of carbonyl (C=O) groups excluding carboxylic acids is 2. The number of alkyl halides is 3. The highest BCUT2D eigenvalue weighted by atomic mass is 19.4. The number of esters is 1. The van der Waals surface area contributed by atoms with Crippen molar-refractivity contribution in [2.24, 2.45) is 11.7 Å². The van der Waals surface area contributed by atoms with Gasteiger partial charge in [-0.25, -0.2) is 0 Å². The third kappa shape index (κ3) is 18.7. The average molecular weight is 460 g/mol. The molecule has 184 valence electrons. The molecule has 1 aromatic rings. The van der Waals surface area contributed by atoms with Crippen molar-refractivity contribution in [3.05, 3.63) is 35.4 Å². The summed E-state index contributed by atoms with van der Waals surface area (Å²) in [6.07, 6.45) is 4.20. The molecule has 4 nitrogen and oxygen atoms in total. The Kier molecular flexibility index (Phi) is 16.4. The minimum Gasteiger partial charge on any atom is -0.466 e. The zero-order valence-electron chi connectivity index (χ0n) is 19.8. The van der Waals surface area contributed by atoms with E-state index in [1.165, 1.54) is 18.1 Å². The molecule has 0 aliphatic heterocycles. The largest absolute Gasteiger partial charge is 0.466 e. The van der Waals surface area contributed by atoms with Crippen molar-refractivity contribution in [2.45, 2.75) is 97.6 Å². The minimum absolute atomic E-state index is 0.0943. The lowest BCUT2D eigenvalue weighted by molar-refractivity contribution is -0.140. The van der Waals surface area contributed by atoms with Gasteiger partial charge < -0.3 is 10.5 Å². The second-order valence-electron chi connectivity index (χ2n) is 8.17. The van der Waals surface area contributed by atoms with Gasteiger partial charge in [0.05, 0.1) is 6.61 Å². The molecule has 0 fully saturated rings. The highest BCUT2D eigenvalue weighted by Crippen LogP contribution is 2.23. The maximum Gasteiger partial charge on any atom is 0.389 e. The molecule has 1 amide bonds. The molecule has 2 N–H and O–H groups in total. The van der Waals surface area contributed by atoms with Crippen LogP contribution in [0.5, 0.6) is 0 Å². The summed E-state index contributed by atoms with van der Waals surface area (Å²) in [4.78, 5) is 20.9. The van der Waals surface area contributed by atoms with Crippen molar-refractivity contribution >= 4 is 11.9 Å². The first-order chi connectivity index (χ1) is 15.0. The van der Waals surface area contributed by atoms with Crippen LogP contribution in [0.3, 0.4) is 0 Å². The highest BCUT2D eigenvalue weighted by Gasteiger charge is 2.25. The Balaban J connectivity index is 0.00000140. The number of halogens is 3. The Morgan fingerprint density at radius 1 is 0.906 bits per heavy atom. The van der Waals surface area contributed by atoms with E-state index < -0.39 is 12.6 Å². The van der Waals surface area contributed by atoms with E-state index in [-0.39, 0.29) is 24.2 Å². The van der Waals surface area contributed by atoms with Gasteiger partial charge in [-0.3, -0.25) is 9.59 Å². The van der Waals surface area contributed by atoms with Gasteiger partial charge in [-0.2, -0.15) is 13.2 Å². The summed E-state index contributed by atoms with van der Waals surface area (Å²) >= 11 is 0. The summed E-state index contributed by atoms with van der Waals surface area (Å²) in [7, 11) is 0. The van der Waals surface area contributed by atoms with Crippen LogP contribution in [-0.2, 0) is 27.2 Å². The number of rotatable bonds is 14. The fourth-order valence-electron chi connectivity index (χ4n) is 3.14. The number of carbonyl (C=O) groups is 2. The van der Waals surface area contributed by atoms with Gasteiger partial charge in [-0.1, -0.05) is 63.3 Å². The van der Waals surface area contributed by atoms with E-state index in [9.17, 15) is 22.8 Å². The van der Waals surface area contributed by atoms with Crippen LogP contribution in [0.15, 0.2) is 24.3 Å². The first kappa shape index (κ1) is 29.9. The molecule has 1 unspecified atom stereocenters. The standard InChI is InChI=1S/C21H32F3NO.C4H8O2/c1-17(20(25)26)10-11-19-14-12-18(13-15-19)9-7-5-3-2-4-6-8-16-21(22,23)24;1-3-6-4(2)5/h12-15,17H,2-11,16H2,1H3,(H2,25,26);3H2,1-2H3. The van der Waals surface area contributed by atoms with E-state index in [0.29, 0.717) is 13.0 Å². The molecular weight excluding hydrogens is 419 g/mol. The van der Waals surface area contributed by atoms with Crippen LogP contribution < -0.4 is 5.73 Å². The van der Waals surface area contributed by atoms with E-state index in [1.807, 2.05) is 6.92 Å². The molecule has 0 saturated carbocycles. The fraction of sp³-hybridized carbons (Fsp3) is 0.680. The topological polar surface area (TPSA) is 69.4 Å². The van der Waals surface area contributed by atoms with Gasteiger partial charge in [0.2, 0.25) is 5.91 Å². The molecule has 0 bridgehead atoms. The van der Waals surface area contributed by atoms with Crippen molar-refractivity contribution in [3.8, 4) is 0 Å². The molecule has 1 aromatic carbocycles. The first-order valence-electron chi connectivity index (χ1n) is 11.6. The zero-order valence-corrected chi connectivity index (χ0v) is 19.8. The van der Waals surface area contributed by atoms with E-state index in [2.05, 4.69) is 29.0 Å². The van der Waals surface area contributed by atoms with E-state index in [0.717, 1.165) is 51.4 Å². The monoisotopic (exact) mass is 459 g/mol. The predicted octanol–water partition coefficient (Wildman–Crippen LogP) is 6.54. The highest BCUT2D eigenvalue weighted by molar-refractivity contribution is 5.76. The van der Waals surface area contributed by atoms with E-state index in [1.54, 1.807) is 6.92 Å². The van der Waals surface area contributed by atoms with Gasteiger partial charge in [-0.05, 0) is 50.2 Å². The molecule has 0 aliphatic carbocycles. The summed E-state index contributed by atoms with van der Waals surface area (Å²) < 4.78 is 40.4. The van der Waals surface area contributed by atoms with Crippen LogP contribution in [0.25, 0.3) is 0 Å². The third-order valence-electron chi connectivity index (χ3n) is 5.15. The number of primary amides is 1. The lowest BCUT2D eigenvalue weighted by Gasteiger charge is -2.08. The lowest BCUT2D eigenvalue weighted by atomic mass is 9.98. The van der Waals surface area contributed by atoms with Gasteiger partial charge in [0.25, 0.3) is 0 Å². The van der Waals surface area contributed by atoms with Gasteiger partial charge in [-0.15, -0.1) is 0 Å². The average Bonchev–Trinajstić information content (AvgIpc) is 2.71. The molecular formula is C25H40F3NO3. The van der Waals surface area contributed by atoms with Gasteiger partial charge in [0, 0.05) is 19.3 Å². The van der Waals surface area contributed by atoms with Crippen molar-refractivity contribution in [2.75, 3.05) is 6.61 Å². The number of ether oxygens (including phenoxy) is 1. The van der Waals surface area contributed by atoms with Crippen LogP contribution in [0.4, 0.5) is 13.2 Å². The molecule has 0 spiro atoms. The molecule has 0 aliphatic rings. The molecule has 32 heavy (non-hydrogen) atoms. The summed E-state index contributed by atoms with van der Waals surface area (Å²) in [6.45, 7) is 5.51. The second kappa shape index (κ2) is 17.5. The number of hydrogen-bond acceptors (Lipinski definition) is 3. The summed E-state index contributed by atoms with van der Waals surface area (Å²) in [5.41, 5.74) is 7.80. The number of amides is 1. The van der Waals surface area contributed by atoms with Crippen LogP contribution in [0.2, 0.25) is 0 Å². The Hall–Kier alpha value is -2.05. The summed E-state index contributed by atoms with van der Waals surface area (Å²) in [6, 6.07) is 8.51. The van der Waals surface area contributed by atoms with Gasteiger partial charge in [0.1, 0.15) is 0 Å². The first-order valence-corrected chi connectivity index (χ1v) is 11.6. The zero-order chi connectivity index (χ0) is 24.4. The molecule has 7 heteroatoms. The minimum atomic E-state index is -4.00. The maximum atomic E-state index is 12.0. The summed E-state index contributed by atoms with van der Waals surface area (Å²) in [5.74, 6) is -0.553. The van der Waals surface area contributed by atoms with Crippen molar-refractivity contribution in [3.63, 3.8) is 0 Å². The van der Waals surface area contributed by atoms with Crippen LogP contribution in [0.1, 0.15) is 89.7 Å². The SMILES string of the molecule is CC(CCc1ccc(CCCCCCCCCC(F)(F)F)cc1)C(N)=O.CCOC(C)=O. The number of aryl methyl sites for hydroxylation is 2. The van der Waals surface area contributed by atoms with Crippen LogP contribution >= 0.6 is 0 Å². The predicted molar refractivity (Wildman–Crippen MR) is 122 cm³/mol. The normalized spacial score (nSPS) is 11.9. The molecule has 1 atom stereocenters. The Labute approximate surface area is 191 Å². The smallest absolute Gasteiger partial charge is 0.389 e. The molecule has 0 aromatic heterocycles. The quantitative estimate of drug-likeness (QED) is 0.254. The van der Waals surface area contributed by atoms with Crippen molar-refractivity contribution in [1.82, 2.24) is 0 Å². The van der Waals surface area contributed by atoms with Crippen LogP contribution in [-0.4, -0.2) is 24.7 Å². The lowest BCUT2D eigenvalue weighted by Crippen LogP contribution is -2.20. The number of benzene rings is 1. The van der Waals surface area contributed by atoms with Crippen molar-refractivity contribution < 1.29 is 27.5 Å². The molecule has 0 radical (unpaired) electrons. The van der Waals surface area contributed by atoms with Gasteiger partial charge >= 0.3 is 12.1 Å². The number of hydrogen-bond donors (Lipinski definition) is 1. The fourth-order valence-corrected chi connectivity index (χ4v) is 3.14. The second-order valence-corrected chi connectivity index (χ2v) is 8.17. The summed E-state index contributed by atoms with van der Waals surface area (Å²) in [5, 5.41) is 0. The van der Waals surface area contributed by atoms with E-state index in [4.69, 9.17) is 5.73 Å². The third-order valence-corrected chi connectivity index (χ3v) is 5.15. The Morgan fingerprint density at radius 2 is 1.38 bits per heavy atom. The van der Waals surface area contributed by atoms with Crippen molar-refractivity contribution in [1.29, 1.82) is 0 Å². The number of nitrogens with two attached hydrogens (primary N) is 1. The Morgan fingerprint density at radius 3 is 1.78 bits per heavy atom. The molecule has 1 rings (SSSR count). The maximum absolute atomic E-state index is 12.0. The Bertz CT molecular complexity index is 630. The van der Waals surface area contributed by atoms with Crippen LogP contribution in [0, 0.1) is 5.92 Å². The van der Waals surface area contributed by atoms with E-state index >= 15 is 0 Å². The van der Waals surface area contributed by atoms with Gasteiger partial charge in [0.15, 0.2) is 0 Å². The molecule has 0 saturated heterocycles. The molecule has 0 heterocycles.